The molecule has 1 aliphatic heterocycles. The predicted molar refractivity (Wildman–Crippen MR) is 78.4 cm³/mol. The van der Waals surface area contributed by atoms with E-state index < -0.39 is 0 Å². The van der Waals surface area contributed by atoms with E-state index >= 15 is 0 Å². The molecule has 0 aromatic carbocycles. The van der Waals surface area contributed by atoms with Crippen LogP contribution in [0, 0.1) is 0 Å². The van der Waals surface area contributed by atoms with E-state index in [-0.39, 0.29) is 36.9 Å². The third-order valence-corrected chi connectivity index (χ3v) is 2.35. The number of hydrogen-bond donors (Lipinski definition) is 0. The Morgan fingerprint density at radius 3 is 2.15 bits per heavy atom. The molecule has 0 radical (unpaired) electrons. The molecule has 1 fully saturated rings. The van der Waals surface area contributed by atoms with Crippen LogP contribution in [0.4, 0.5) is 0 Å². The average molecular weight is 288 g/mol. The third-order valence-electron chi connectivity index (χ3n) is 2.35. The zero-order valence-corrected chi connectivity index (χ0v) is 13.3. The van der Waals surface area contributed by atoms with Crippen molar-refractivity contribution in [3.8, 4) is 0 Å². The molecule has 0 aliphatic carbocycles. The summed E-state index contributed by atoms with van der Waals surface area (Å²) < 4.78 is 15.6. The fourth-order valence-corrected chi connectivity index (χ4v) is 1.85. The van der Waals surface area contributed by atoms with Crippen LogP contribution in [0.5, 0.6) is 0 Å². The molecule has 0 aromatic heterocycles. The first-order valence-corrected chi connectivity index (χ1v) is 6.93. The number of carbonyl (C=O) groups is 2. The Morgan fingerprint density at radius 1 is 1.15 bits per heavy atom. The van der Waals surface area contributed by atoms with Crippen LogP contribution in [0.15, 0.2) is 13.2 Å². The largest absolute Gasteiger partial charge is 0.463 e. The Bertz CT molecular complexity index is 277. The fraction of sp³-hybridized carbons (Fsp3) is 0.733. The van der Waals surface area contributed by atoms with Gasteiger partial charge in [-0.15, -0.1) is 13.2 Å². The first kappa shape index (κ1) is 20.9. The highest BCUT2D eigenvalue weighted by atomic mass is 16.6. The molecule has 118 valence electrons. The number of rotatable bonds is 3. The molecule has 1 saturated heterocycles. The van der Waals surface area contributed by atoms with Gasteiger partial charge in [-0.1, -0.05) is 13.8 Å². The van der Waals surface area contributed by atoms with Gasteiger partial charge in [0.25, 0.3) is 0 Å². The van der Waals surface area contributed by atoms with E-state index in [0.717, 1.165) is 0 Å². The fourth-order valence-electron chi connectivity index (χ4n) is 1.85. The maximum absolute atomic E-state index is 10.8. The van der Waals surface area contributed by atoms with Crippen LogP contribution in [0.3, 0.4) is 0 Å². The van der Waals surface area contributed by atoms with E-state index in [2.05, 4.69) is 13.2 Å². The molecule has 5 nitrogen and oxygen atoms in total. The minimum absolute atomic E-state index is 0.0126. The minimum Gasteiger partial charge on any atom is -0.463 e. The summed E-state index contributed by atoms with van der Waals surface area (Å²) in [7, 11) is 0. The number of carbonyl (C=O) groups excluding carboxylic acids is 2. The monoisotopic (exact) mass is 288 g/mol. The lowest BCUT2D eigenvalue weighted by Crippen LogP contribution is -2.39. The first-order valence-electron chi connectivity index (χ1n) is 6.93. The smallest absolute Gasteiger partial charge is 0.302 e. The van der Waals surface area contributed by atoms with Gasteiger partial charge >= 0.3 is 11.9 Å². The lowest BCUT2D eigenvalue weighted by molar-refractivity contribution is -0.167. The van der Waals surface area contributed by atoms with Gasteiger partial charge < -0.3 is 14.2 Å². The van der Waals surface area contributed by atoms with Gasteiger partial charge in [-0.25, -0.2) is 0 Å². The van der Waals surface area contributed by atoms with Crippen molar-refractivity contribution in [2.45, 2.75) is 65.8 Å². The average Bonchev–Trinajstić information content (AvgIpc) is 2.39. The molecule has 1 heterocycles. The zero-order chi connectivity index (χ0) is 16.1. The SMILES string of the molecule is C=C.CC.CC(=O)OCC1CC(OC(C)=O)CC(C)O1. The van der Waals surface area contributed by atoms with Crippen molar-refractivity contribution in [2.24, 2.45) is 0 Å². The van der Waals surface area contributed by atoms with Gasteiger partial charge in [0.05, 0.1) is 12.2 Å². The summed E-state index contributed by atoms with van der Waals surface area (Å²) in [4.78, 5) is 21.5. The second kappa shape index (κ2) is 12.7. The molecule has 0 aromatic rings. The van der Waals surface area contributed by atoms with E-state index in [0.29, 0.717) is 12.8 Å². The van der Waals surface area contributed by atoms with Gasteiger partial charge in [0.1, 0.15) is 12.7 Å². The van der Waals surface area contributed by atoms with E-state index in [1.165, 1.54) is 13.8 Å². The highest BCUT2D eigenvalue weighted by Gasteiger charge is 2.29. The van der Waals surface area contributed by atoms with Crippen LogP contribution >= 0.6 is 0 Å². The molecule has 0 bridgehead atoms. The van der Waals surface area contributed by atoms with E-state index in [1.807, 2.05) is 20.8 Å². The van der Waals surface area contributed by atoms with Crippen LogP contribution in [-0.4, -0.2) is 36.9 Å². The number of esters is 2. The number of ether oxygens (including phenoxy) is 3. The van der Waals surface area contributed by atoms with Crippen molar-refractivity contribution in [1.82, 2.24) is 0 Å². The van der Waals surface area contributed by atoms with Crippen molar-refractivity contribution < 1.29 is 23.8 Å². The maximum atomic E-state index is 10.8. The molecule has 1 aliphatic rings. The summed E-state index contributed by atoms with van der Waals surface area (Å²) in [5.74, 6) is -0.615. The second-order valence-electron chi connectivity index (χ2n) is 4.07. The molecule has 5 heteroatoms. The highest BCUT2D eigenvalue weighted by Crippen LogP contribution is 2.22. The van der Waals surface area contributed by atoms with Crippen LogP contribution in [0.2, 0.25) is 0 Å². The second-order valence-corrected chi connectivity index (χ2v) is 4.07. The first-order chi connectivity index (χ1) is 9.47. The standard InChI is InChI=1S/C11H18O5.C2H6.C2H4/c1-7-4-10(16-9(3)13)5-11(15-7)6-14-8(2)12;2*1-2/h7,10-11H,4-6H2,1-3H3;1-2H3;1-2H2. The summed E-state index contributed by atoms with van der Waals surface area (Å²) in [5.41, 5.74) is 0. The molecule has 3 unspecified atom stereocenters. The Labute approximate surface area is 122 Å². The Balaban J connectivity index is 0. The van der Waals surface area contributed by atoms with E-state index in [1.54, 1.807) is 0 Å². The molecule has 1 rings (SSSR count). The van der Waals surface area contributed by atoms with Gasteiger partial charge in [-0.3, -0.25) is 9.59 Å². The molecule has 0 saturated carbocycles. The number of hydrogen-bond acceptors (Lipinski definition) is 5. The Kier molecular flexibility index (Phi) is 13.3. The van der Waals surface area contributed by atoms with Crippen molar-refractivity contribution in [2.75, 3.05) is 6.61 Å². The lowest BCUT2D eigenvalue weighted by Gasteiger charge is -2.32. The van der Waals surface area contributed by atoms with Gasteiger partial charge in [0, 0.05) is 26.7 Å². The molecule has 0 N–H and O–H groups in total. The van der Waals surface area contributed by atoms with E-state index in [9.17, 15) is 9.59 Å². The summed E-state index contributed by atoms with van der Waals surface area (Å²) >= 11 is 0. The van der Waals surface area contributed by atoms with Crippen molar-refractivity contribution in [3.05, 3.63) is 13.2 Å². The van der Waals surface area contributed by atoms with Gasteiger partial charge in [0.2, 0.25) is 0 Å². The molecule has 20 heavy (non-hydrogen) atoms. The third kappa shape index (κ3) is 10.6. The summed E-state index contributed by atoms with van der Waals surface area (Å²) in [6.07, 6.45) is 0.963. The molecule has 3 atom stereocenters. The molecular weight excluding hydrogens is 260 g/mol. The predicted octanol–water partition coefficient (Wildman–Crippen LogP) is 2.88. The summed E-state index contributed by atoms with van der Waals surface area (Å²) in [5, 5.41) is 0. The molecule has 0 amide bonds. The molecular formula is C15H28O5. The van der Waals surface area contributed by atoms with Crippen molar-refractivity contribution in [1.29, 1.82) is 0 Å². The van der Waals surface area contributed by atoms with Gasteiger partial charge in [0.15, 0.2) is 0 Å². The molecule has 0 spiro atoms. The van der Waals surface area contributed by atoms with Crippen LogP contribution in [0.25, 0.3) is 0 Å². The highest BCUT2D eigenvalue weighted by molar-refractivity contribution is 5.66. The van der Waals surface area contributed by atoms with Crippen LogP contribution in [-0.2, 0) is 23.8 Å². The minimum atomic E-state index is -0.328. The Hall–Kier alpha value is -1.36. The normalized spacial score (nSPS) is 24.1. The van der Waals surface area contributed by atoms with Crippen LogP contribution < -0.4 is 0 Å². The van der Waals surface area contributed by atoms with Crippen LogP contribution in [0.1, 0.15) is 47.5 Å². The summed E-state index contributed by atoms with van der Waals surface area (Å²) in [6.45, 7) is 14.9. The van der Waals surface area contributed by atoms with Gasteiger partial charge in [-0.2, -0.15) is 0 Å². The quantitative estimate of drug-likeness (QED) is 0.590. The van der Waals surface area contributed by atoms with Gasteiger partial charge in [-0.05, 0) is 6.92 Å². The zero-order valence-electron chi connectivity index (χ0n) is 13.3. The topological polar surface area (TPSA) is 61.8 Å². The lowest BCUT2D eigenvalue weighted by atomic mass is 10.0. The van der Waals surface area contributed by atoms with Crippen molar-refractivity contribution >= 4 is 11.9 Å². The summed E-state index contributed by atoms with van der Waals surface area (Å²) in [6, 6.07) is 0. The van der Waals surface area contributed by atoms with Crippen molar-refractivity contribution in [3.63, 3.8) is 0 Å². The maximum Gasteiger partial charge on any atom is 0.302 e. The Morgan fingerprint density at radius 2 is 1.70 bits per heavy atom. The van der Waals surface area contributed by atoms with E-state index in [4.69, 9.17) is 14.2 Å².